The van der Waals surface area contributed by atoms with Gasteiger partial charge in [-0.3, -0.25) is 0 Å². The van der Waals surface area contributed by atoms with Crippen LogP contribution in [0.15, 0.2) is 42.5 Å². The maximum absolute atomic E-state index is 13.7. The molecule has 1 N–H and O–H groups in total. The summed E-state index contributed by atoms with van der Waals surface area (Å²) in [6, 6.07) is 9.53. The third-order valence-electron chi connectivity index (χ3n) is 5.45. The summed E-state index contributed by atoms with van der Waals surface area (Å²) in [4.78, 5) is 14.4. The highest BCUT2D eigenvalue weighted by molar-refractivity contribution is 7.89. The highest BCUT2D eigenvalue weighted by Gasteiger charge is 2.40. The summed E-state index contributed by atoms with van der Waals surface area (Å²) in [5, 5.41) is 0. The fourth-order valence-electron chi connectivity index (χ4n) is 3.94. The third kappa shape index (κ3) is 6.74. The number of nitrogens with zero attached hydrogens (tertiary/aromatic N) is 1. The first-order valence-corrected chi connectivity index (χ1v) is 12.6. The zero-order chi connectivity index (χ0) is 24.4. The predicted octanol–water partition coefficient (Wildman–Crippen LogP) is 4.49. The Kier molecular flexibility index (Phi) is 7.43. The molecule has 6 nitrogen and oxygen atoms in total. The molecule has 0 radical (unpaired) electrons. The molecule has 1 aliphatic heterocycles. The molecule has 1 amide bonds. The molecule has 0 unspecified atom stereocenters. The summed E-state index contributed by atoms with van der Waals surface area (Å²) in [6.45, 7) is 7.23. The number of hydrogen-bond acceptors (Lipinski definition) is 4. The van der Waals surface area contributed by atoms with Gasteiger partial charge in [0.15, 0.2) is 0 Å². The Hall–Kier alpha value is -2.52. The number of nitrogens with one attached hydrogen (secondary N) is 1. The normalized spacial score (nSPS) is 19.0. The van der Waals surface area contributed by atoms with Gasteiger partial charge in [0.25, 0.3) is 0 Å². The first-order chi connectivity index (χ1) is 15.4. The molecule has 2 aromatic rings. The minimum absolute atomic E-state index is 0.0662. The molecule has 0 spiro atoms. The molecule has 0 saturated carbocycles. The van der Waals surface area contributed by atoms with Gasteiger partial charge >= 0.3 is 6.09 Å². The third-order valence-corrected chi connectivity index (χ3v) is 6.87. The minimum atomic E-state index is -3.49. The number of hydrogen-bond donors (Lipinski definition) is 1. The van der Waals surface area contributed by atoms with Crippen molar-refractivity contribution in [3.8, 4) is 11.1 Å². The van der Waals surface area contributed by atoms with E-state index in [1.54, 1.807) is 50.8 Å². The minimum Gasteiger partial charge on any atom is -0.444 e. The second-order valence-corrected chi connectivity index (χ2v) is 11.3. The second kappa shape index (κ2) is 9.77. The van der Waals surface area contributed by atoms with Gasteiger partial charge in [0, 0.05) is 18.7 Å². The Balaban J connectivity index is 1.90. The van der Waals surface area contributed by atoms with Crippen molar-refractivity contribution < 1.29 is 26.7 Å². The van der Waals surface area contributed by atoms with E-state index in [9.17, 15) is 22.0 Å². The second-order valence-electron chi connectivity index (χ2n) is 9.22. The standard InChI is InChI=1S/C24H30F2N2O4S/c1-5-33(30,31)27-21-9-10-28(23(29)32-24(2,3)4)22(21)12-16-7-6-8-17(11-16)18-13-19(25)15-20(26)14-18/h6-8,11,13-15,21-22,27H,5,9-10,12H2,1-4H3/t21-,22-/m0/s1. The maximum Gasteiger partial charge on any atom is 0.410 e. The smallest absolute Gasteiger partial charge is 0.410 e. The molecular formula is C24H30F2N2O4S. The van der Waals surface area contributed by atoms with E-state index in [1.165, 1.54) is 12.1 Å². The van der Waals surface area contributed by atoms with E-state index in [4.69, 9.17) is 4.74 Å². The van der Waals surface area contributed by atoms with Crippen molar-refractivity contribution in [3.05, 3.63) is 59.7 Å². The van der Waals surface area contributed by atoms with E-state index in [0.717, 1.165) is 11.6 Å². The number of halogens is 2. The SMILES string of the molecule is CCS(=O)(=O)N[C@H]1CCN(C(=O)OC(C)(C)C)[C@H]1Cc1cccc(-c2cc(F)cc(F)c2)c1. The van der Waals surface area contributed by atoms with Crippen molar-refractivity contribution in [2.45, 2.75) is 58.2 Å². The van der Waals surface area contributed by atoms with Crippen molar-refractivity contribution >= 4 is 16.1 Å². The largest absolute Gasteiger partial charge is 0.444 e. The van der Waals surface area contributed by atoms with Crippen LogP contribution in [0.3, 0.4) is 0 Å². The summed E-state index contributed by atoms with van der Waals surface area (Å²) in [5.74, 6) is -1.41. The Morgan fingerprint density at radius 2 is 1.79 bits per heavy atom. The van der Waals surface area contributed by atoms with E-state index < -0.39 is 45.4 Å². The Bertz CT molecular complexity index is 1100. The Morgan fingerprint density at radius 1 is 1.12 bits per heavy atom. The molecule has 180 valence electrons. The lowest BCUT2D eigenvalue weighted by Gasteiger charge is -2.31. The summed E-state index contributed by atoms with van der Waals surface area (Å²) in [5.41, 5.74) is 1.13. The number of sulfonamides is 1. The summed E-state index contributed by atoms with van der Waals surface area (Å²) in [7, 11) is -3.49. The highest BCUT2D eigenvalue weighted by Crippen LogP contribution is 2.28. The number of likely N-dealkylation sites (tertiary alicyclic amines) is 1. The van der Waals surface area contributed by atoms with Gasteiger partial charge in [0.05, 0.1) is 11.8 Å². The van der Waals surface area contributed by atoms with Crippen molar-refractivity contribution in [1.29, 1.82) is 0 Å². The molecule has 3 rings (SSSR count). The molecule has 33 heavy (non-hydrogen) atoms. The zero-order valence-electron chi connectivity index (χ0n) is 19.3. The molecule has 0 bridgehead atoms. The Morgan fingerprint density at radius 3 is 2.39 bits per heavy atom. The van der Waals surface area contributed by atoms with Crippen LogP contribution in [0.4, 0.5) is 13.6 Å². The number of carbonyl (C=O) groups is 1. The monoisotopic (exact) mass is 480 g/mol. The van der Waals surface area contributed by atoms with Gasteiger partial charge in [0.1, 0.15) is 17.2 Å². The lowest BCUT2D eigenvalue weighted by atomic mass is 9.97. The Labute approximate surface area is 194 Å². The van der Waals surface area contributed by atoms with Crippen molar-refractivity contribution in [3.63, 3.8) is 0 Å². The number of benzene rings is 2. The molecule has 9 heteroatoms. The van der Waals surface area contributed by atoms with Gasteiger partial charge in [-0.25, -0.2) is 26.7 Å². The fraction of sp³-hybridized carbons (Fsp3) is 0.458. The first-order valence-electron chi connectivity index (χ1n) is 10.9. The number of amides is 1. The lowest BCUT2D eigenvalue weighted by molar-refractivity contribution is 0.0218. The molecule has 0 aliphatic carbocycles. The summed E-state index contributed by atoms with van der Waals surface area (Å²) < 4.78 is 60.1. The van der Waals surface area contributed by atoms with Gasteiger partial charge in [-0.15, -0.1) is 0 Å². The van der Waals surface area contributed by atoms with Crippen molar-refractivity contribution in [2.24, 2.45) is 0 Å². The van der Waals surface area contributed by atoms with E-state index in [0.29, 0.717) is 30.5 Å². The molecule has 2 atom stereocenters. The highest BCUT2D eigenvalue weighted by atomic mass is 32.2. The molecule has 1 fully saturated rings. The molecule has 0 aromatic heterocycles. The van der Waals surface area contributed by atoms with E-state index in [1.807, 2.05) is 6.07 Å². The van der Waals surface area contributed by atoms with E-state index in [-0.39, 0.29) is 5.75 Å². The topological polar surface area (TPSA) is 75.7 Å². The number of rotatable bonds is 6. The molecule has 1 aliphatic rings. The zero-order valence-corrected chi connectivity index (χ0v) is 20.1. The van der Waals surface area contributed by atoms with Crippen molar-refractivity contribution in [2.75, 3.05) is 12.3 Å². The van der Waals surface area contributed by atoms with Crippen molar-refractivity contribution in [1.82, 2.24) is 9.62 Å². The number of carbonyl (C=O) groups excluding carboxylic acids is 1. The van der Waals surface area contributed by atoms with Crippen LogP contribution in [0, 0.1) is 11.6 Å². The van der Waals surface area contributed by atoms with Gasteiger partial charge in [-0.2, -0.15) is 0 Å². The van der Waals surface area contributed by atoms with Crippen LogP contribution >= 0.6 is 0 Å². The lowest BCUT2D eigenvalue weighted by Crippen LogP contribution is -2.49. The molecule has 1 saturated heterocycles. The van der Waals surface area contributed by atoms with Crippen LogP contribution in [0.1, 0.15) is 39.7 Å². The van der Waals surface area contributed by atoms with Gasteiger partial charge < -0.3 is 9.64 Å². The van der Waals surface area contributed by atoms with Crippen LogP contribution < -0.4 is 4.72 Å². The van der Waals surface area contributed by atoms with Crippen LogP contribution in [0.2, 0.25) is 0 Å². The van der Waals surface area contributed by atoms with Crippen LogP contribution in [-0.4, -0.2) is 49.4 Å². The number of ether oxygens (including phenoxy) is 1. The fourth-order valence-corrected chi connectivity index (χ4v) is 4.85. The summed E-state index contributed by atoms with van der Waals surface area (Å²) in [6.07, 6.45) is 0.300. The first kappa shape index (κ1) is 25.1. The van der Waals surface area contributed by atoms with Gasteiger partial charge in [-0.05, 0) is 69.4 Å². The predicted molar refractivity (Wildman–Crippen MR) is 123 cm³/mol. The molecular weight excluding hydrogens is 450 g/mol. The average Bonchev–Trinajstić information content (AvgIpc) is 3.08. The van der Waals surface area contributed by atoms with Gasteiger partial charge in [0.2, 0.25) is 10.0 Å². The summed E-state index contributed by atoms with van der Waals surface area (Å²) >= 11 is 0. The van der Waals surface area contributed by atoms with Gasteiger partial charge in [-0.1, -0.05) is 24.3 Å². The van der Waals surface area contributed by atoms with Crippen LogP contribution in [-0.2, 0) is 21.2 Å². The molecule has 1 heterocycles. The molecule has 2 aromatic carbocycles. The average molecular weight is 481 g/mol. The van der Waals surface area contributed by atoms with Crippen LogP contribution in [0.25, 0.3) is 11.1 Å². The van der Waals surface area contributed by atoms with Crippen LogP contribution in [0.5, 0.6) is 0 Å². The quantitative estimate of drug-likeness (QED) is 0.661. The maximum atomic E-state index is 13.7. The van der Waals surface area contributed by atoms with E-state index in [2.05, 4.69) is 4.72 Å². The van der Waals surface area contributed by atoms with E-state index >= 15 is 0 Å².